The topological polar surface area (TPSA) is 26.3 Å². The molecule has 0 aliphatic carbocycles. The molecular formula is C24H30F12O2. The minimum atomic E-state index is -6.04. The molecule has 222 valence electrons. The van der Waals surface area contributed by atoms with E-state index in [1.165, 1.54) is 21.0 Å². The number of halogens is 12. The summed E-state index contributed by atoms with van der Waals surface area (Å²) >= 11 is 0. The predicted octanol–water partition coefficient (Wildman–Crippen LogP) is 9.17. The summed E-state index contributed by atoms with van der Waals surface area (Å²) in [6.45, 7) is 7.52. The quantitative estimate of drug-likeness (QED) is 0.263. The zero-order valence-electron chi connectivity index (χ0n) is 21.9. The normalized spacial score (nSPS) is 14.9. The van der Waals surface area contributed by atoms with Gasteiger partial charge in [0.05, 0.1) is 12.5 Å². The molecule has 0 aliphatic heterocycles. The summed E-state index contributed by atoms with van der Waals surface area (Å²) in [6.07, 6.45) is -24.1. The predicted molar refractivity (Wildman–Crippen MR) is 116 cm³/mol. The molecule has 0 bridgehead atoms. The highest BCUT2D eigenvalue weighted by atomic mass is 19.4. The summed E-state index contributed by atoms with van der Waals surface area (Å²) in [5, 5.41) is 0. The van der Waals surface area contributed by atoms with Crippen molar-refractivity contribution in [3.8, 4) is 0 Å². The summed E-state index contributed by atoms with van der Waals surface area (Å²) in [4.78, 5) is 10.6. The highest BCUT2D eigenvalue weighted by molar-refractivity contribution is 5.75. The molecule has 2 nitrogen and oxygen atoms in total. The molecule has 0 fully saturated rings. The zero-order chi connectivity index (χ0) is 30.9. The number of ether oxygens (including phenoxy) is 1. The first-order chi connectivity index (χ1) is 16.5. The van der Waals surface area contributed by atoms with Crippen molar-refractivity contribution < 1.29 is 62.2 Å². The van der Waals surface area contributed by atoms with E-state index in [-0.39, 0.29) is 37.7 Å². The van der Waals surface area contributed by atoms with E-state index >= 15 is 0 Å². The van der Waals surface area contributed by atoms with Crippen molar-refractivity contribution in [2.75, 3.05) is 7.11 Å². The summed E-state index contributed by atoms with van der Waals surface area (Å²) < 4.78 is 166. The first kappa shape index (κ1) is 35.9. The van der Waals surface area contributed by atoms with Crippen molar-refractivity contribution >= 4 is 5.97 Å². The number of methoxy groups -OCH3 is 1. The van der Waals surface area contributed by atoms with E-state index in [1.807, 2.05) is 20.8 Å². The van der Waals surface area contributed by atoms with E-state index in [1.54, 1.807) is 0 Å². The van der Waals surface area contributed by atoms with Gasteiger partial charge in [-0.05, 0) is 63.6 Å². The lowest BCUT2D eigenvalue weighted by Gasteiger charge is -2.38. The van der Waals surface area contributed by atoms with Crippen LogP contribution in [0.3, 0.4) is 0 Å². The third-order valence-electron chi connectivity index (χ3n) is 6.36. The van der Waals surface area contributed by atoms with Crippen LogP contribution in [-0.4, -0.2) is 37.8 Å². The van der Waals surface area contributed by atoms with Crippen LogP contribution < -0.4 is 0 Å². The fourth-order valence-electron chi connectivity index (χ4n) is 3.03. The molecule has 1 aromatic rings. The molecule has 0 aliphatic rings. The lowest BCUT2D eigenvalue weighted by atomic mass is 9.73. The van der Waals surface area contributed by atoms with Crippen molar-refractivity contribution in [2.24, 2.45) is 5.41 Å². The van der Waals surface area contributed by atoms with E-state index in [0.29, 0.717) is 12.1 Å². The van der Waals surface area contributed by atoms with Gasteiger partial charge in [0.15, 0.2) is 10.8 Å². The van der Waals surface area contributed by atoms with Crippen molar-refractivity contribution in [3.05, 3.63) is 34.9 Å². The van der Waals surface area contributed by atoms with E-state index < -0.39 is 58.1 Å². The molecule has 0 saturated heterocycles. The molecule has 1 unspecified atom stereocenters. The number of hydrogen-bond acceptors (Lipinski definition) is 2. The van der Waals surface area contributed by atoms with Gasteiger partial charge in [0, 0.05) is 0 Å². The Bertz CT molecular complexity index is 863. The number of hydrogen-bond donors (Lipinski definition) is 0. The second kappa shape index (κ2) is 11.1. The molecule has 1 rings (SSSR count). The molecule has 0 aromatic heterocycles. The number of esters is 1. The van der Waals surface area contributed by atoms with Gasteiger partial charge in [-0.2, -0.15) is 52.7 Å². The highest BCUT2D eigenvalue weighted by Crippen LogP contribution is 2.56. The van der Waals surface area contributed by atoms with E-state index in [9.17, 15) is 57.5 Å². The van der Waals surface area contributed by atoms with Gasteiger partial charge in [-0.1, -0.05) is 32.0 Å². The van der Waals surface area contributed by atoms with E-state index in [2.05, 4.69) is 4.74 Å². The minimum absolute atomic E-state index is 0.0480. The van der Waals surface area contributed by atoms with Gasteiger partial charge in [0.1, 0.15) is 0 Å². The number of benzene rings is 1. The molecular weight excluding hydrogens is 548 g/mol. The highest BCUT2D eigenvalue weighted by Gasteiger charge is 2.71. The summed E-state index contributed by atoms with van der Waals surface area (Å²) in [5.74, 6) is -1.07. The van der Waals surface area contributed by atoms with Crippen molar-refractivity contribution in [1.29, 1.82) is 0 Å². The molecule has 14 heteroatoms. The Balaban J connectivity index is 0.00000147. The van der Waals surface area contributed by atoms with Gasteiger partial charge in [-0.15, -0.1) is 0 Å². The van der Waals surface area contributed by atoms with Crippen molar-refractivity contribution in [1.82, 2.24) is 0 Å². The molecule has 38 heavy (non-hydrogen) atoms. The Hall–Kier alpha value is -2.15. The van der Waals surface area contributed by atoms with Gasteiger partial charge in [-0.3, -0.25) is 4.79 Å². The molecule has 0 radical (unpaired) electrons. The van der Waals surface area contributed by atoms with Crippen LogP contribution in [0.1, 0.15) is 77.5 Å². The first-order valence-electron chi connectivity index (χ1n) is 11.0. The van der Waals surface area contributed by atoms with E-state index in [0.717, 1.165) is 0 Å². The standard InChI is InChI=1S/C18H18F12.C6H12O2/c1-5-9(2)10-6-11(13(3,15(19,20)21)16(22,23)24)8-12(7-10)14(4,17(25,26)27)18(28,29)30;1-6(2,3)5(7)8-4/h6-9H,5H2,1-4H3;1-4H3. The summed E-state index contributed by atoms with van der Waals surface area (Å²) in [5.41, 5.74) is -13.7. The fraction of sp³-hybridized carbons (Fsp3) is 0.708. The molecule has 0 N–H and O–H groups in total. The number of carbonyl (C=O) groups is 1. The maximum atomic E-state index is 13.4. The summed E-state index contributed by atoms with van der Waals surface area (Å²) in [7, 11) is 1.40. The van der Waals surface area contributed by atoms with Crippen LogP contribution in [0.25, 0.3) is 0 Å². The summed E-state index contributed by atoms with van der Waals surface area (Å²) in [6, 6.07) is 0.436. The average Bonchev–Trinajstić information content (AvgIpc) is 2.72. The Kier molecular flexibility index (Phi) is 10.5. The smallest absolute Gasteiger partial charge is 0.406 e. The second-order valence-corrected chi connectivity index (χ2v) is 10.1. The third kappa shape index (κ3) is 7.08. The largest absolute Gasteiger partial charge is 0.469 e. The molecule has 0 spiro atoms. The van der Waals surface area contributed by atoms with Crippen LogP contribution in [-0.2, 0) is 20.4 Å². The monoisotopic (exact) mass is 578 g/mol. The minimum Gasteiger partial charge on any atom is -0.469 e. The number of rotatable bonds is 4. The first-order valence-corrected chi connectivity index (χ1v) is 11.0. The molecule has 1 atom stereocenters. The van der Waals surface area contributed by atoms with Gasteiger partial charge in [-0.25, -0.2) is 0 Å². The molecule has 1 aromatic carbocycles. The molecule has 0 amide bonds. The van der Waals surface area contributed by atoms with Crippen molar-refractivity contribution in [3.63, 3.8) is 0 Å². The van der Waals surface area contributed by atoms with Crippen LogP contribution >= 0.6 is 0 Å². The lowest BCUT2D eigenvalue weighted by molar-refractivity contribution is -0.298. The Labute approximate surface area is 212 Å². The van der Waals surface area contributed by atoms with Crippen LogP contribution in [0.5, 0.6) is 0 Å². The van der Waals surface area contributed by atoms with Crippen LogP contribution in [0, 0.1) is 5.41 Å². The number of carbonyl (C=O) groups excluding carboxylic acids is 1. The second-order valence-electron chi connectivity index (χ2n) is 10.1. The zero-order valence-corrected chi connectivity index (χ0v) is 21.9. The van der Waals surface area contributed by atoms with Crippen LogP contribution in [0.4, 0.5) is 52.7 Å². The van der Waals surface area contributed by atoms with Crippen molar-refractivity contribution in [2.45, 2.75) is 96.3 Å². The van der Waals surface area contributed by atoms with Gasteiger partial charge in [0.2, 0.25) is 0 Å². The fourth-order valence-corrected chi connectivity index (χ4v) is 3.03. The molecule has 0 saturated carbocycles. The Morgan fingerprint density at radius 3 is 1.13 bits per heavy atom. The van der Waals surface area contributed by atoms with Gasteiger partial charge >= 0.3 is 30.7 Å². The van der Waals surface area contributed by atoms with Gasteiger partial charge in [0.25, 0.3) is 0 Å². The van der Waals surface area contributed by atoms with E-state index in [4.69, 9.17) is 0 Å². The molecule has 0 heterocycles. The SMILES string of the molecule is CCC(C)c1cc(C(C)(C(F)(F)F)C(F)(F)F)cc(C(C)(C(F)(F)F)C(F)(F)F)c1.COC(=O)C(C)(C)C. The third-order valence-corrected chi connectivity index (χ3v) is 6.36. The lowest BCUT2D eigenvalue weighted by Crippen LogP contribution is -2.53. The Morgan fingerprint density at radius 1 is 0.684 bits per heavy atom. The maximum absolute atomic E-state index is 13.4. The van der Waals surface area contributed by atoms with Crippen LogP contribution in [0.15, 0.2) is 18.2 Å². The average molecular weight is 578 g/mol. The number of alkyl halides is 12. The van der Waals surface area contributed by atoms with Crippen LogP contribution in [0.2, 0.25) is 0 Å². The Morgan fingerprint density at radius 2 is 0.974 bits per heavy atom. The van der Waals surface area contributed by atoms with Gasteiger partial charge < -0.3 is 4.74 Å². The maximum Gasteiger partial charge on any atom is 0.406 e.